The summed E-state index contributed by atoms with van der Waals surface area (Å²) in [6.07, 6.45) is 5.62. The van der Waals surface area contributed by atoms with E-state index in [4.69, 9.17) is 10.00 Å². The molecule has 0 bridgehead atoms. The second-order valence-electron chi connectivity index (χ2n) is 4.25. The highest BCUT2D eigenvalue weighted by Gasteiger charge is 2.11. The minimum atomic E-state index is 0.515. The number of benzene rings is 2. The van der Waals surface area contributed by atoms with Gasteiger partial charge in [-0.25, -0.2) is 0 Å². The Morgan fingerprint density at radius 2 is 1.73 bits per heavy atom. The molecule has 0 spiro atoms. The summed E-state index contributed by atoms with van der Waals surface area (Å²) >= 11 is 3.11. The van der Waals surface area contributed by atoms with Gasteiger partial charge in [-0.05, 0) is 30.2 Å². The summed E-state index contributed by atoms with van der Waals surface area (Å²) in [5.74, 6) is 0.786. The van der Waals surface area contributed by atoms with Crippen LogP contribution >= 0.6 is 23.5 Å². The van der Waals surface area contributed by atoms with Crippen molar-refractivity contribution in [2.45, 2.75) is 16.4 Å². The summed E-state index contributed by atoms with van der Waals surface area (Å²) in [4.78, 5) is 1.88. The number of thioether (sulfide) groups is 2. The molecular formula is C16H15N3OS2. The van der Waals surface area contributed by atoms with Gasteiger partial charge in [-0.3, -0.25) is 0 Å². The molecule has 0 fully saturated rings. The number of hydrogen-bond acceptors (Lipinski definition) is 6. The molecule has 0 heterocycles. The molecule has 2 rings (SSSR count). The van der Waals surface area contributed by atoms with Crippen molar-refractivity contribution in [1.82, 2.24) is 0 Å². The Hall–Kier alpha value is -1.97. The summed E-state index contributed by atoms with van der Waals surface area (Å²) in [5, 5.41) is 16.0. The van der Waals surface area contributed by atoms with Crippen molar-refractivity contribution in [2.75, 3.05) is 12.5 Å². The lowest BCUT2D eigenvalue weighted by molar-refractivity contribution is 0.305. The van der Waals surface area contributed by atoms with Crippen molar-refractivity contribution in [3.63, 3.8) is 0 Å². The van der Waals surface area contributed by atoms with Crippen molar-refractivity contribution in [3.05, 3.63) is 48.0 Å². The van der Waals surface area contributed by atoms with Crippen LogP contribution in [-0.2, 0) is 6.61 Å². The van der Waals surface area contributed by atoms with Crippen LogP contribution < -0.4 is 4.74 Å². The Labute approximate surface area is 138 Å². The Morgan fingerprint density at radius 1 is 1.09 bits per heavy atom. The van der Waals surface area contributed by atoms with Crippen LogP contribution in [0.3, 0.4) is 0 Å². The third kappa shape index (κ3) is 4.26. The first-order valence-electron chi connectivity index (χ1n) is 6.51. The van der Waals surface area contributed by atoms with E-state index in [1.165, 1.54) is 0 Å². The van der Waals surface area contributed by atoms with Crippen LogP contribution in [0.25, 0.3) is 0 Å². The lowest BCUT2D eigenvalue weighted by atomic mass is 10.2. The van der Waals surface area contributed by atoms with Gasteiger partial charge in [0.2, 0.25) is 6.19 Å². The van der Waals surface area contributed by atoms with E-state index in [-0.39, 0.29) is 0 Å². The molecule has 0 saturated carbocycles. The molecule has 0 N–H and O–H groups in total. The first-order valence-corrected chi connectivity index (χ1v) is 8.96. The quantitative estimate of drug-likeness (QED) is 0.411. The summed E-state index contributed by atoms with van der Waals surface area (Å²) in [6, 6.07) is 13.9. The third-order valence-electron chi connectivity index (χ3n) is 2.90. The first kappa shape index (κ1) is 16.4. The smallest absolute Gasteiger partial charge is 0.226 e. The highest BCUT2D eigenvalue weighted by molar-refractivity contribution is 7.99. The van der Waals surface area contributed by atoms with E-state index >= 15 is 0 Å². The van der Waals surface area contributed by atoms with Gasteiger partial charge in [0.05, 0.1) is 0 Å². The van der Waals surface area contributed by atoms with Gasteiger partial charge >= 0.3 is 0 Å². The predicted octanol–water partition coefficient (Wildman–Crippen LogP) is 5.27. The lowest BCUT2D eigenvalue weighted by Gasteiger charge is -2.12. The summed E-state index contributed by atoms with van der Waals surface area (Å²) in [7, 11) is 0. The molecule has 0 radical (unpaired) electrons. The van der Waals surface area contributed by atoms with E-state index < -0.39 is 0 Å². The molecule has 0 amide bonds. The van der Waals surface area contributed by atoms with E-state index in [0.717, 1.165) is 21.1 Å². The maximum atomic E-state index is 8.57. The summed E-state index contributed by atoms with van der Waals surface area (Å²) in [6.45, 7) is 0.515. The van der Waals surface area contributed by atoms with Crippen molar-refractivity contribution in [3.8, 4) is 11.9 Å². The SMILES string of the molecule is CSc1cc(OCc2ccccc2)cc(SC)c1N=NC#N. The van der Waals surface area contributed by atoms with Crippen LogP contribution in [0.15, 0.2) is 62.5 Å². The van der Waals surface area contributed by atoms with Crippen LogP contribution in [0.2, 0.25) is 0 Å². The highest BCUT2D eigenvalue weighted by atomic mass is 32.2. The Morgan fingerprint density at radius 3 is 2.27 bits per heavy atom. The van der Waals surface area contributed by atoms with Crippen LogP contribution in [0.5, 0.6) is 5.75 Å². The van der Waals surface area contributed by atoms with Crippen molar-refractivity contribution in [1.29, 1.82) is 5.26 Å². The Bertz CT molecular complexity index is 671. The molecule has 2 aromatic rings. The number of nitrogens with zero attached hydrogens (tertiary/aromatic N) is 3. The van der Waals surface area contributed by atoms with Gasteiger partial charge in [0, 0.05) is 9.79 Å². The maximum absolute atomic E-state index is 8.57. The normalized spacial score (nSPS) is 10.6. The molecule has 22 heavy (non-hydrogen) atoms. The predicted molar refractivity (Wildman–Crippen MR) is 90.9 cm³/mol. The molecule has 0 atom stereocenters. The van der Waals surface area contributed by atoms with Gasteiger partial charge in [-0.1, -0.05) is 35.4 Å². The Kier molecular flexibility index (Phi) is 6.31. The van der Waals surface area contributed by atoms with Gasteiger partial charge in [0.15, 0.2) is 0 Å². The van der Waals surface area contributed by atoms with E-state index in [9.17, 15) is 0 Å². The molecule has 0 unspecified atom stereocenters. The van der Waals surface area contributed by atoms with E-state index in [2.05, 4.69) is 10.2 Å². The average molecular weight is 329 g/mol. The van der Waals surface area contributed by atoms with Crippen LogP contribution in [0.1, 0.15) is 5.56 Å². The number of azo groups is 1. The van der Waals surface area contributed by atoms with Crippen LogP contribution in [0.4, 0.5) is 5.69 Å². The maximum Gasteiger partial charge on any atom is 0.226 e. The van der Waals surface area contributed by atoms with E-state index in [0.29, 0.717) is 12.3 Å². The molecule has 4 nitrogen and oxygen atoms in total. The van der Waals surface area contributed by atoms with Crippen molar-refractivity contribution < 1.29 is 4.74 Å². The topological polar surface area (TPSA) is 57.7 Å². The number of rotatable bonds is 6. The zero-order chi connectivity index (χ0) is 15.8. The largest absolute Gasteiger partial charge is 0.489 e. The highest BCUT2D eigenvalue weighted by Crippen LogP contribution is 2.40. The van der Waals surface area contributed by atoms with Gasteiger partial charge in [0.25, 0.3) is 0 Å². The summed E-state index contributed by atoms with van der Waals surface area (Å²) in [5.41, 5.74) is 1.83. The monoisotopic (exact) mass is 329 g/mol. The van der Waals surface area contributed by atoms with Gasteiger partial charge in [-0.15, -0.1) is 28.6 Å². The minimum Gasteiger partial charge on any atom is -0.489 e. The Balaban J connectivity index is 2.26. The van der Waals surface area contributed by atoms with Crippen LogP contribution in [0, 0.1) is 11.5 Å². The second kappa shape index (κ2) is 8.47. The third-order valence-corrected chi connectivity index (χ3v) is 4.40. The van der Waals surface area contributed by atoms with Crippen molar-refractivity contribution in [2.24, 2.45) is 10.2 Å². The fourth-order valence-electron chi connectivity index (χ4n) is 1.86. The fourth-order valence-corrected chi connectivity index (χ4v) is 3.09. The van der Waals surface area contributed by atoms with Crippen LogP contribution in [-0.4, -0.2) is 12.5 Å². The standard InChI is InChI=1S/C16H15N3OS2/c1-21-14-8-13(20-10-12-6-4-3-5-7-12)9-15(22-2)16(14)19-18-11-17/h3-9H,10H2,1-2H3. The molecule has 6 heteroatoms. The first-order chi connectivity index (χ1) is 10.8. The number of nitriles is 1. The summed E-state index contributed by atoms with van der Waals surface area (Å²) < 4.78 is 5.87. The molecule has 0 aliphatic carbocycles. The molecule has 0 aliphatic heterocycles. The van der Waals surface area contributed by atoms with Gasteiger partial charge in [-0.2, -0.15) is 5.26 Å². The zero-order valence-electron chi connectivity index (χ0n) is 12.3. The molecule has 112 valence electrons. The number of ether oxygens (including phenoxy) is 1. The average Bonchev–Trinajstić information content (AvgIpc) is 2.58. The minimum absolute atomic E-state index is 0.515. The molecule has 2 aromatic carbocycles. The number of hydrogen-bond donors (Lipinski definition) is 0. The zero-order valence-corrected chi connectivity index (χ0v) is 13.9. The van der Waals surface area contributed by atoms with Gasteiger partial charge < -0.3 is 4.74 Å². The fraction of sp³-hybridized carbons (Fsp3) is 0.188. The molecular weight excluding hydrogens is 314 g/mol. The second-order valence-corrected chi connectivity index (χ2v) is 5.95. The van der Waals surface area contributed by atoms with E-state index in [1.54, 1.807) is 29.7 Å². The molecule has 0 aromatic heterocycles. The molecule has 0 saturated heterocycles. The van der Waals surface area contributed by atoms with Crippen molar-refractivity contribution >= 4 is 29.2 Å². The lowest BCUT2D eigenvalue weighted by Crippen LogP contribution is -1.95. The van der Waals surface area contributed by atoms with E-state index in [1.807, 2.05) is 55.0 Å². The van der Waals surface area contributed by atoms with Gasteiger partial charge in [0.1, 0.15) is 18.0 Å². The molecule has 0 aliphatic rings.